The number of ether oxygens (including phenoxy) is 1. The summed E-state index contributed by atoms with van der Waals surface area (Å²) in [6, 6.07) is 3.24. The Morgan fingerprint density at radius 3 is 2.47 bits per heavy atom. The highest BCUT2D eigenvalue weighted by Gasteiger charge is 2.37. The van der Waals surface area contributed by atoms with Crippen molar-refractivity contribution in [3.8, 4) is 0 Å². The van der Waals surface area contributed by atoms with Crippen LogP contribution >= 0.6 is 39.1 Å². The molecule has 1 aliphatic rings. The summed E-state index contributed by atoms with van der Waals surface area (Å²) in [5.41, 5.74) is 0.693. The zero-order chi connectivity index (χ0) is 12.6. The Balaban J connectivity index is 2.32. The number of hydrogen-bond donors (Lipinski definition) is 0. The minimum absolute atomic E-state index is 0.258. The quantitative estimate of drug-likeness (QED) is 0.773. The topological polar surface area (TPSA) is 29.5 Å². The van der Waals surface area contributed by atoms with Crippen molar-refractivity contribution in [3.05, 3.63) is 26.7 Å². The molecule has 1 atom stereocenters. The molecule has 1 aromatic carbocycles. The lowest BCUT2D eigenvalue weighted by Gasteiger charge is -2.41. The number of benzene rings is 1. The Labute approximate surface area is 118 Å². The summed E-state index contributed by atoms with van der Waals surface area (Å²) in [5, 5.41) is 1.05. The number of hydrogen-bond acceptors (Lipinski definition) is 3. The van der Waals surface area contributed by atoms with Crippen molar-refractivity contribution in [1.82, 2.24) is 0 Å². The van der Waals surface area contributed by atoms with Crippen LogP contribution in [0.4, 0.5) is 5.69 Å². The molecule has 17 heavy (non-hydrogen) atoms. The molecule has 1 aromatic rings. The Morgan fingerprint density at radius 2 is 2.06 bits per heavy atom. The SMILES string of the molecule is COC(=O)C1CCN1c1c(Cl)cc(Br)cc1Cl. The molecular weight excluding hydrogens is 329 g/mol. The molecule has 1 aliphatic heterocycles. The molecule has 2 rings (SSSR count). The first-order chi connectivity index (χ1) is 8.04. The molecule has 1 fully saturated rings. The van der Waals surface area contributed by atoms with Crippen LogP contribution in [0.3, 0.4) is 0 Å². The molecule has 0 aliphatic carbocycles. The van der Waals surface area contributed by atoms with Crippen molar-refractivity contribution in [2.45, 2.75) is 12.5 Å². The van der Waals surface area contributed by atoms with E-state index in [1.54, 1.807) is 12.1 Å². The Bertz CT molecular complexity index is 444. The molecule has 1 unspecified atom stereocenters. The van der Waals surface area contributed by atoms with Gasteiger partial charge in [0, 0.05) is 11.0 Å². The second-order valence-electron chi connectivity index (χ2n) is 3.74. The van der Waals surface area contributed by atoms with Crippen LogP contribution in [0.15, 0.2) is 16.6 Å². The number of rotatable bonds is 2. The fraction of sp³-hybridized carbons (Fsp3) is 0.364. The van der Waals surface area contributed by atoms with E-state index in [-0.39, 0.29) is 12.0 Å². The number of nitrogens with zero attached hydrogens (tertiary/aromatic N) is 1. The van der Waals surface area contributed by atoms with Crippen LogP contribution in [-0.2, 0) is 9.53 Å². The van der Waals surface area contributed by atoms with Crippen molar-refractivity contribution in [1.29, 1.82) is 0 Å². The fourth-order valence-corrected chi connectivity index (χ4v) is 3.27. The van der Waals surface area contributed by atoms with Crippen molar-refractivity contribution < 1.29 is 9.53 Å². The van der Waals surface area contributed by atoms with Crippen LogP contribution < -0.4 is 4.90 Å². The summed E-state index contributed by atoms with van der Waals surface area (Å²) in [6.45, 7) is 0.751. The largest absolute Gasteiger partial charge is 0.467 e. The van der Waals surface area contributed by atoms with Gasteiger partial charge in [-0.05, 0) is 18.6 Å². The van der Waals surface area contributed by atoms with Crippen molar-refractivity contribution in [2.75, 3.05) is 18.6 Å². The Kier molecular flexibility index (Phi) is 3.85. The van der Waals surface area contributed by atoms with Crippen molar-refractivity contribution in [3.63, 3.8) is 0 Å². The average Bonchev–Trinajstić information content (AvgIpc) is 2.21. The second kappa shape index (κ2) is 5.04. The highest BCUT2D eigenvalue weighted by atomic mass is 79.9. The molecule has 6 heteroatoms. The summed E-state index contributed by atoms with van der Waals surface area (Å²) < 4.78 is 5.54. The molecule has 0 bridgehead atoms. The highest BCUT2D eigenvalue weighted by molar-refractivity contribution is 9.10. The predicted molar refractivity (Wildman–Crippen MR) is 71.9 cm³/mol. The number of methoxy groups -OCH3 is 1. The lowest BCUT2D eigenvalue weighted by Crippen LogP contribution is -2.53. The fourth-order valence-electron chi connectivity index (χ4n) is 1.85. The first kappa shape index (κ1) is 13.0. The van der Waals surface area contributed by atoms with Crippen LogP contribution in [0.25, 0.3) is 0 Å². The van der Waals surface area contributed by atoms with Crippen LogP contribution in [0, 0.1) is 0 Å². The van der Waals surface area contributed by atoms with Crippen LogP contribution in [0.1, 0.15) is 6.42 Å². The second-order valence-corrected chi connectivity index (χ2v) is 5.47. The maximum absolute atomic E-state index is 11.5. The first-order valence-electron chi connectivity index (χ1n) is 5.03. The van der Waals surface area contributed by atoms with Gasteiger partial charge < -0.3 is 9.64 Å². The molecule has 0 aromatic heterocycles. The third kappa shape index (κ3) is 2.39. The maximum Gasteiger partial charge on any atom is 0.328 e. The number of anilines is 1. The summed E-state index contributed by atoms with van der Waals surface area (Å²) in [6.07, 6.45) is 0.759. The van der Waals surface area contributed by atoms with Crippen LogP contribution in [0.5, 0.6) is 0 Å². The minimum atomic E-state index is -0.281. The summed E-state index contributed by atoms with van der Waals surface area (Å²) in [5.74, 6) is -0.258. The lowest BCUT2D eigenvalue weighted by molar-refractivity contribution is -0.143. The van der Waals surface area contributed by atoms with E-state index >= 15 is 0 Å². The van der Waals surface area contributed by atoms with E-state index in [0.717, 1.165) is 17.4 Å². The standard InChI is InChI=1S/C11H10BrCl2NO2/c1-17-11(16)9-2-3-15(9)10-7(13)4-6(12)5-8(10)14/h4-5,9H,2-3H2,1H3. The van der Waals surface area contributed by atoms with E-state index in [9.17, 15) is 4.79 Å². The number of halogens is 3. The van der Waals surface area contributed by atoms with Gasteiger partial charge in [0.1, 0.15) is 6.04 Å². The van der Waals surface area contributed by atoms with Gasteiger partial charge in [0.05, 0.1) is 22.8 Å². The van der Waals surface area contributed by atoms with Gasteiger partial charge >= 0.3 is 5.97 Å². The van der Waals surface area contributed by atoms with Gasteiger partial charge in [-0.3, -0.25) is 0 Å². The van der Waals surface area contributed by atoms with Gasteiger partial charge in [-0.1, -0.05) is 39.1 Å². The third-order valence-corrected chi connectivity index (χ3v) is 3.80. The molecule has 1 saturated heterocycles. The van der Waals surface area contributed by atoms with E-state index in [0.29, 0.717) is 15.7 Å². The number of carbonyl (C=O) groups is 1. The van der Waals surface area contributed by atoms with Gasteiger partial charge in [-0.15, -0.1) is 0 Å². The van der Waals surface area contributed by atoms with Crippen molar-refractivity contribution >= 4 is 50.8 Å². The van der Waals surface area contributed by atoms with E-state index in [1.165, 1.54) is 7.11 Å². The summed E-state index contributed by atoms with van der Waals surface area (Å²) in [7, 11) is 1.38. The van der Waals surface area contributed by atoms with Crippen molar-refractivity contribution in [2.24, 2.45) is 0 Å². The van der Waals surface area contributed by atoms with E-state index in [4.69, 9.17) is 27.9 Å². The van der Waals surface area contributed by atoms with Gasteiger partial charge in [0.2, 0.25) is 0 Å². The van der Waals surface area contributed by atoms with Gasteiger partial charge in [0.25, 0.3) is 0 Å². The predicted octanol–water partition coefficient (Wildman–Crippen LogP) is 3.51. The molecule has 3 nitrogen and oxygen atoms in total. The zero-order valence-corrected chi connectivity index (χ0v) is 12.1. The van der Waals surface area contributed by atoms with E-state index in [2.05, 4.69) is 15.9 Å². The van der Waals surface area contributed by atoms with Crippen LogP contribution in [0.2, 0.25) is 10.0 Å². The summed E-state index contributed by atoms with van der Waals surface area (Å²) >= 11 is 15.6. The molecule has 0 radical (unpaired) electrons. The monoisotopic (exact) mass is 337 g/mol. The molecule has 0 spiro atoms. The number of carbonyl (C=O) groups excluding carboxylic acids is 1. The first-order valence-corrected chi connectivity index (χ1v) is 6.58. The molecule has 0 amide bonds. The average molecular weight is 339 g/mol. The Morgan fingerprint density at radius 1 is 1.47 bits per heavy atom. The molecule has 0 N–H and O–H groups in total. The third-order valence-electron chi connectivity index (χ3n) is 2.76. The number of esters is 1. The smallest absolute Gasteiger partial charge is 0.328 e. The van der Waals surface area contributed by atoms with Crippen LogP contribution in [-0.4, -0.2) is 25.7 Å². The van der Waals surface area contributed by atoms with Gasteiger partial charge in [-0.25, -0.2) is 4.79 Å². The molecular formula is C11H10BrCl2NO2. The molecule has 1 heterocycles. The zero-order valence-electron chi connectivity index (χ0n) is 9.04. The lowest BCUT2D eigenvalue weighted by atomic mass is 10.0. The van der Waals surface area contributed by atoms with Gasteiger partial charge in [0.15, 0.2) is 0 Å². The summed E-state index contributed by atoms with van der Waals surface area (Å²) in [4.78, 5) is 13.4. The molecule has 92 valence electrons. The van der Waals surface area contributed by atoms with Gasteiger partial charge in [-0.2, -0.15) is 0 Å². The normalized spacial score (nSPS) is 18.8. The highest BCUT2D eigenvalue weighted by Crippen LogP contribution is 2.40. The molecule has 0 saturated carbocycles. The van der Waals surface area contributed by atoms with E-state index in [1.807, 2.05) is 4.90 Å². The Hall–Kier alpha value is -0.450. The van der Waals surface area contributed by atoms with E-state index < -0.39 is 0 Å². The maximum atomic E-state index is 11.5. The minimum Gasteiger partial charge on any atom is -0.467 e.